The first-order valence-electron chi connectivity index (χ1n) is 9.38. The zero-order chi connectivity index (χ0) is 21.8. The van der Waals surface area contributed by atoms with Gasteiger partial charge in [-0.15, -0.1) is 10.2 Å². The van der Waals surface area contributed by atoms with E-state index >= 15 is 0 Å². The third-order valence-electron chi connectivity index (χ3n) is 4.56. The predicted octanol–water partition coefficient (Wildman–Crippen LogP) is 4.56. The quantitative estimate of drug-likeness (QED) is 0.395. The van der Waals surface area contributed by atoms with Crippen molar-refractivity contribution in [2.24, 2.45) is 0 Å². The Labute approximate surface area is 181 Å². The summed E-state index contributed by atoms with van der Waals surface area (Å²) in [6.45, 7) is 0.345. The first kappa shape index (κ1) is 20.8. The second-order valence-electron chi connectivity index (χ2n) is 6.72. The molecule has 2 aromatic heterocycles. The summed E-state index contributed by atoms with van der Waals surface area (Å²) in [6.07, 6.45) is 1.55. The van der Waals surface area contributed by atoms with Crippen LogP contribution in [0.2, 0.25) is 0 Å². The van der Waals surface area contributed by atoms with E-state index in [2.05, 4.69) is 10.2 Å². The highest BCUT2D eigenvalue weighted by molar-refractivity contribution is 7.99. The van der Waals surface area contributed by atoms with Crippen molar-refractivity contribution < 1.29 is 18.0 Å². The molecule has 2 aromatic carbocycles. The molecule has 0 spiro atoms. The highest BCUT2D eigenvalue weighted by Crippen LogP contribution is 2.29. The summed E-state index contributed by atoms with van der Waals surface area (Å²) in [4.78, 5) is 14.1. The number of benzene rings is 2. The van der Waals surface area contributed by atoms with Gasteiger partial charge >= 0.3 is 0 Å². The summed E-state index contributed by atoms with van der Waals surface area (Å²) >= 11 is 1.17. The normalized spacial score (nSPS) is 10.9. The van der Waals surface area contributed by atoms with Crippen LogP contribution in [0.15, 0.2) is 76.5 Å². The Balaban J connectivity index is 1.61. The molecule has 0 aliphatic rings. The van der Waals surface area contributed by atoms with Gasteiger partial charge in [-0.3, -0.25) is 9.36 Å². The highest BCUT2D eigenvalue weighted by Gasteiger charge is 2.20. The number of nitrogens with zero attached hydrogens (tertiary/aromatic N) is 4. The monoisotopic (exact) mass is 440 g/mol. The van der Waals surface area contributed by atoms with Crippen LogP contribution >= 0.6 is 11.8 Å². The fraction of sp³-hybridized carbons (Fsp3) is 0.136. The van der Waals surface area contributed by atoms with Crippen LogP contribution in [0, 0.1) is 11.6 Å². The van der Waals surface area contributed by atoms with Gasteiger partial charge in [-0.1, -0.05) is 23.9 Å². The molecule has 1 amide bonds. The molecule has 0 aliphatic carbocycles. The van der Waals surface area contributed by atoms with Crippen LogP contribution in [0.3, 0.4) is 0 Å². The minimum absolute atomic E-state index is 0.0911. The second-order valence-corrected chi connectivity index (χ2v) is 7.66. The van der Waals surface area contributed by atoms with E-state index in [4.69, 9.17) is 4.42 Å². The zero-order valence-corrected chi connectivity index (χ0v) is 17.4. The lowest BCUT2D eigenvalue weighted by atomic mass is 10.2. The van der Waals surface area contributed by atoms with Crippen LogP contribution in [0.25, 0.3) is 17.1 Å². The Morgan fingerprint density at radius 3 is 2.55 bits per heavy atom. The molecule has 9 heteroatoms. The molecule has 31 heavy (non-hydrogen) atoms. The number of rotatable bonds is 7. The van der Waals surface area contributed by atoms with Crippen LogP contribution in [0.5, 0.6) is 0 Å². The van der Waals surface area contributed by atoms with Gasteiger partial charge in [0.15, 0.2) is 11.0 Å². The highest BCUT2D eigenvalue weighted by atomic mass is 32.2. The first-order valence-corrected chi connectivity index (χ1v) is 10.4. The van der Waals surface area contributed by atoms with Gasteiger partial charge in [0.2, 0.25) is 5.91 Å². The smallest absolute Gasteiger partial charge is 0.233 e. The predicted molar refractivity (Wildman–Crippen MR) is 113 cm³/mol. The summed E-state index contributed by atoms with van der Waals surface area (Å²) in [5.74, 6) is 0.0499. The van der Waals surface area contributed by atoms with Crippen molar-refractivity contribution in [3.05, 3.63) is 84.3 Å². The molecule has 6 nitrogen and oxygen atoms in total. The van der Waals surface area contributed by atoms with Gasteiger partial charge in [-0.25, -0.2) is 8.78 Å². The van der Waals surface area contributed by atoms with E-state index in [1.54, 1.807) is 65.2 Å². The molecule has 4 rings (SSSR count). The molecule has 0 N–H and O–H groups in total. The Morgan fingerprint density at radius 2 is 1.84 bits per heavy atom. The number of halogens is 2. The maximum absolute atomic E-state index is 14.4. The van der Waals surface area contributed by atoms with Gasteiger partial charge in [0.1, 0.15) is 17.4 Å². The van der Waals surface area contributed by atoms with Crippen molar-refractivity contribution in [3.63, 3.8) is 0 Å². The molecule has 2 heterocycles. The number of furan rings is 1. The minimum atomic E-state index is -0.455. The van der Waals surface area contributed by atoms with Crippen LogP contribution < -0.4 is 0 Å². The fourth-order valence-electron chi connectivity index (χ4n) is 2.96. The molecule has 158 valence electrons. The van der Waals surface area contributed by atoms with Gasteiger partial charge in [0.25, 0.3) is 0 Å². The molecule has 0 fully saturated rings. The largest absolute Gasteiger partial charge is 0.467 e. The van der Waals surface area contributed by atoms with Crippen molar-refractivity contribution in [2.45, 2.75) is 11.7 Å². The molecule has 0 saturated heterocycles. The molecule has 0 bridgehead atoms. The average molecular weight is 440 g/mol. The SMILES string of the molecule is CN(Cc1ccco1)C(=O)CSc1nnc(-c2ccccc2F)n1-c1ccc(F)cc1. The van der Waals surface area contributed by atoms with Crippen molar-refractivity contribution in [1.29, 1.82) is 0 Å². The second kappa shape index (κ2) is 9.13. The van der Waals surface area contributed by atoms with E-state index in [1.807, 2.05) is 0 Å². The number of hydrogen-bond acceptors (Lipinski definition) is 5. The summed E-state index contributed by atoms with van der Waals surface area (Å²) in [5.41, 5.74) is 0.816. The summed E-state index contributed by atoms with van der Waals surface area (Å²) in [6, 6.07) is 15.5. The summed E-state index contributed by atoms with van der Waals surface area (Å²) in [5, 5.41) is 8.71. The van der Waals surface area contributed by atoms with Crippen molar-refractivity contribution in [2.75, 3.05) is 12.8 Å². The van der Waals surface area contributed by atoms with Gasteiger partial charge in [0, 0.05) is 12.7 Å². The average Bonchev–Trinajstić information content (AvgIpc) is 3.43. The Bertz CT molecular complexity index is 1180. The van der Waals surface area contributed by atoms with Crippen LogP contribution in [0.4, 0.5) is 8.78 Å². The number of carbonyl (C=O) groups is 1. The van der Waals surface area contributed by atoms with Crippen LogP contribution in [-0.2, 0) is 11.3 Å². The number of aromatic nitrogens is 3. The van der Waals surface area contributed by atoms with Gasteiger partial charge in [-0.05, 0) is 48.5 Å². The van der Waals surface area contributed by atoms with E-state index in [9.17, 15) is 13.6 Å². The summed E-state index contributed by atoms with van der Waals surface area (Å²) < 4.78 is 34.8. The number of hydrogen-bond donors (Lipinski definition) is 0. The number of carbonyl (C=O) groups excluding carboxylic acids is 1. The van der Waals surface area contributed by atoms with Crippen molar-refractivity contribution in [3.8, 4) is 17.1 Å². The van der Waals surface area contributed by atoms with Gasteiger partial charge in [-0.2, -0.15) is 0 Å². The fourth-order valence-corrected chi connectivity index (χ4v) is 3.86. The van der Waals surface area contributed by atoms with Crippen molar-refractivity contribution >= 4 is 17.7 Å². The number of amides is 1. The molecular formula is C22H18F2N4O2S. The molecule has 0 aliphatic heterocycles. The lowest BCUT2D eigenvalue weighted by molar-refractivity contribution is -0.127. The standard InChI is InChI=1S/C22H18F2N4O2S/c1-27(13-17-5-4-12-30-17)20(29)14-31-22-26-25-21(18-6-2-3-7-19(18)24)28(22)16-10-8-15(23)9-11-16/h2-12H,13-14H2,1H3. The zero-order valence-electron chi connectivity index (χ0n) is 16.5. The maximum Gasteiger partial charge on any atom is 0.233 e. The lowest BCUT2D eigenvalue weighted by Gasteiger charge is -2.15. The molecular weight excluding hydrogens is 422 g/mol. The number of thioether (sulfide) groups is 1. The maximum atomic E-state index is 14.4. The van der Waals surface area contributed by atoms with E-state index in [1.165, 1.54) is 30.0 Å². The Kier molecular flexibility index (Phi) is 6.13. The Morgan fingerprint density at radius 1 is 1.06 bits per heavy atom. The molecule has 4 aromatic rings. The van der Waals surface area contributed by atoms with E-state index in [-0.39, 0.29) is 23.0 Å². The molecule has 0 saturated carbocycles. The van der Waals surface area contributed by atoms with E-state index in [0.717, 1.165) is 0 Å². The molecule has 0 unspecified atom stereocenters. The Hall–Kier alpha value is -3.46. The third kappa shape index (κ3) is 4.66. The van der Waals surface area contributed by atoms with Crippen LogP contribution in [0.1, 0.15) is 5.76 Å². The van der Waals surface area contributed by atoms with Crippen LogP contribution in [-0.4, -0.2) is 38.4 Å². The van der Waals surface area contributed by atoms with Gasteiger partial charge < -0.3 is 9.32 Å². The third-order valence-corrected chi connectivity index (χ3v) is 5.47. The van der Waals surface area contributed by atoms with E-state index in [0.29, 0.717) is 23.1 Å². The molecule has 0 atom stereocenters. The first-order chi connectivity index (χ1) is 15.0. The van der Waals surface area contributed by atoms with E-state index < -0.39 is 11.6 Å². The minimum Gasteiger partial charge on any atom is -0.467 e. The molecule has 0 radical (unpaired) electrons. The van der Waals surface area contributed by atoms with Crippen molar-refractivity contribution in [1.82, 2.24) is 19.7 Å². The lowest BCUT2D eigenvalue weighted by Crippen LogP contribution is -2.27. The topological polar surface area (TPSA) is 64.2 Å². The summed E-state index contributed by atoms with van der Waals surface area (Å²) in [7, 11) is 1.68. The van der Waals surface area contributed by atoms with Gasteiger partial charge in [0.05, 0.1) is 24.1 Å².